The highest BCUT2D eigenvalue weighted by Crippen LogP contribution is 2.38. The molecule has 0 saturated heterocycles. The minimum atomic E-state index is -4.58. The maximum absolute atomic E-state index is 13.1. The molecule has 0 aromatic carbocycles. The molecule has 0 saturated carbocycles. The number of carbonyl (C=O) groups excluding carboxylic acids is 1. The average molecular weight is 1210 g/mol. The summed E-state index contributed by atoms with van der Waals surface area (Å²) < 4.78 is 23.6. The fourth-order valence-corrected chi connectivity index (χ4v) is 13.1. The number of aliphatic hydroxyl groups excluding tert-OH is 1. The third-order valence-corrected chi connectivity index (χ3v) is 19.3. The molecule has 0 aliphatic heterocycles. The van der Waals surface area contributed by atoms with Crippen LogP contribution in [0.2, 0.25) is 0 Å². The number of hydrogen-bond donors (Lipinski definition) is 2. The van der Waals surface area contributed by atoms with E-state index >= 15 is 0 Å². The molecular formula is C75H153N2O6P. The molecule has 2 N–H and O–H groups in total. The Hall–Kier alpha value is -0.500. The number of quaternary nitrogens is 1. The van der Waals surface area contributed by atoms with Crippen LogP contribution < -0.4 is 10.2 Å². The molecule has 1 amide bonds. The normalized spacial score (nSPS) is 13.5. The lowest BCUT2D eigenvalue weighted by atomic mass is 10.0. The molecule has 3 atom stereocenters. The van der Waals surface area contributed by atoms with Gasteiger partial charge in [0, 0.05) is 6.42 Å². The topological polar surface area (TPSA) is 108 Å². The SMILES string of the molecule is CCCCCCCCCCCCCCCCCCCCCCCCCCCCCCCCCCCC(=O)NC(COP(=O)([O-])OCC[N+](C)(C)C)C(O)CCCCCCCCCCCCCCCCCCCCCCCCCCCCCCC. The van der Waals surface area contributed by atoms with Gasteiger partial charge in [-0.1, -0.05) is 406 Å². The Morgan fingerprint density at radius 3 is 0.810 bits per heavy atom. The van der Waals surface area contributed by atoms with E-state index in [2.05, 4.69) is 19.2 Å². The van der Waals surface area contributed by atoms with Crippen LogP contribution >= 0.6 is 7.82 Å². The number of phosphoric ester groups is 1. The van der Waals surface area contributed by atoms with Crippen molar-refractivity contribution in [2.24, 2.45) is 0 Å². The zero-order chi connectivity index (χ0) is 61.2. The van der Waals surface area contributed by atoms with E-state index in [0.29, 0.717) is 23.9 Å². The molecule has 0 heterocycles. The predicted molar refractivity (Wildman–Crippen MR) is 367 cm³/mol. The van der Waals surface area contributed by atoms with E-state index in [1.807, 2.05) is 21.1 Å². The van der Waals surface area contributed by atoms with Crippen molar-refractivity contribution in [3.05, 3.63) is 0 Å². The summed E-state index contributed by atoms with van der Waals surface area (Å²) in [6.07, 6.45) is 85.0. The first kappa shape index (κ1) is 83.5. The summed E-state index contributed by atoms with van der Waals surface area (Å²) in [5.74, 6) is -0.152. The summed E-state index contributed by atoms with van der Waals surface area (Å²) in [5.41, 5.74) is 0. The number of carbonyl (C=O) groups is 1. The van der Waals surface area contributed by atoms with Crippen LogP contribution in [0.25, 0.3) is 0 Å². The van der Waals surface area contributed by atoms with Crippen molar-refractivity contribution in [2.45, 2.75) is 437 Å². The quantitative estimate of drug-likeness (QED) is 0.0357. The summed E-state index contributed by atoms with van der Waals surface area (Å²) in [6.45, 7) is 4.81. The van der Waals surface area contributed by atoms with Gasteiger partial charge in [0.05, 0.1) is 39.9 Å². The highest BCUT2D eigenvalue weighted by Gasteiger charge is 2.24. The monoisotopic (exact) mass is 1210 g/mol. The van der Waals surface area contributed by atoms with Gasteiger partial charge >= 0.3 is 0 Å². The van der Waals surface area contributed by atoms with Gasteiger partial charge in [0.15, 0.2) is 0 Å². The van der Waals surface area contributed by atoms with Crippen LogP contribution in [0.15, 0.2) is 0 Å². The van der Waals surface area contributed by atoms with Crippen LogP contribution in [-0.2, 0) is 18.4 Å². The third-order valence-electron chi connectivity index (χ3n) is 18.3. The number of hydrogen-bond acceptors (Lipinski definition) is 6. The highest BCUT2D eigenvalue weighted by atomic mass is 31.2. The Labute approximate surface area is 527 Å². The molecule has 0 rings (SSSR count). The number of unbranched alkanes of at least 4 members (excludes halogenated alkanes) is 60. The molecule has 8 nitrogen and oxygen atoms in total. The molecule has 0 aromatic rings. The lowest BCUT2D eigenvalue weighted by Gasteiger charge is -2.30. The molecular weight excluding hydrogens is 1060 g/mol. The van der Waals surface area contributed by atoms with E-state index in [4.69, 9.17) is 9.05 Å². The first-order valence-electron chi connectivity index (χ1n) is 38.4. The molecule has 0 aliphatic carbocycles. The van der Waals surface area contributed by atoms with E-state index in [9.17, 15) is 19.4 Å². The van der Waals surface area contributed by atoms with Crippen LogP contribution in [0.3, 0.4) is 0 Å². The van der Waals surface area contributed by atoms with Gasteiger partial charge in [-0.25, -0.2) is 0 Å². The number of nitrogens with one attached hydrogen (secondary N) is 1. The zero-order valence-corrected chi connectivity index (χ0v) is 58.8. The molecule has 3 unspecified atom stereocenters. The fourth-order valence-electron chi connectivity index (χ4n) is 12.4. The average Bonchev–Trinajstić information content (AvgIpc) is 3.56. The van der Waals surface area contributed by atoms with Crippen molar-refractivity contribution >= 4 is 13.7 Å². The van der Waals surface area contributed by atoms with Crippen molar-refractivity contribution in [3.63, 3.8) is 0 Å². The summed E-state index contributed by atoms with van der Waals surface area (Å²) >= 11 is 0. The molecule has 9 heteroatoms. The molecule has 0 aromatic heterocycles. The molecule has 0 bridgehead atoms. The molecule has 0 spiro atoms. The van der Waals surface area contributed by atoms with Crippen molar-refractivity contribution in [3.8, 4) is 0 Å². The Morgan fingerprint density at radius 2 is 0.583 bits per heavy atom. The largest absolute Gasteiger partial charge is 0.756 e. The Balaban J connectivity index is 3.92. The number of likely N-dealkylation sites (N-methyl/N-ethyl adjacent to an activating group) is 1. The van der Waals surface area contributed by atoms with E-state index < -0.39 is 20.0 Å². The van der Waals surface area contributed by atoms with Gasteiger partial charge in [-0.05, 0) is 12.8 Å². The minimum Gasteiger partial charge on any atom is -0.756 e. The van der Waals surface area contributed by atoms with Gasteiger partial charge in [-0.3, -0.25) is 9.36 Å². The van der Waals surface area contributed by atoms with Gasteiger partial charge in [0.1, 0.15) is 13.2 Å². The van der Waals surface area contributed by atoms with Crippen LogP contribution in [0, 0.1) is 0 Å². The predicted octanol–water partition coefficient (Wildman–Crippen LogP) is 24.0. The molecule has 0 fully saturated rings. The van der Waals surface area contributed by atoms with Crippen LogP contribution in [0.1, 0.15) is 425 Å². The van der Waals surface area contributed by atoms with Crippen LogP contribution in [0.5, 0.6) is 0 Å². The number of phosphoric acid groups is 1. The van der Waals surface area contributed by atoms with Crippen molar-refractivity contribution in [1.82, 2.24) is 5.32 Å². The third kappa shape index (κ3) is 69.0. The summed E-state index contributed by atoms with van der Waals surface area (Å²) in [5, 5.41) is 14.1. The smallest absolute Gasteiger partial charge is 0.268 e. The van der Waals surface area contributed by atoms with E-state index in [0.717, 1.165) is 38.5 Å². The van der Waals surface area contributed by atoms with E-state index in [-0.39, 0.29) is 19.1 Å². The molecule has 84 heavy (non-hydrogen) atoms. The number of rotatable bonds is 73. The van der Waals surface area contributed by atoms with Gasteiger partial charge in [0.2, 0.25) is 5.91 Å². The second kappa shape index (κ2) is 66.9. The van der Waals surface area contributed by atoms with Crippen molar-refractivity contribution < 1.29 is 32.9 Å². The second-order valence-electron chi connectivity index (χ2n) is 28.1. The lowest BCUT2D eigenvalue weighted by molar-refractivity contribution is -0.870. The summed E-state index contributed by atoms with van der Waals surface area (Å²) in [4.78, 5) is 25.7. The number of nitrogens with zero attached hydrogens (tertiary/aromatic N) is 1. The maximum atomic E-state index is 13.1. The summed E-state index contributed by atoms with van der Waals surface area (Å²) in [7, 11) is 1.33. The second-order valence-corrected chi connectivity index (χ2v) is 29.5. The van der Waals surface area contributed by atoms with Crippen LogP contribution in [-0.4, -0.2) is 68.5 Å². The van der Waals surface area contributed by atoms with Gasteiger partial charge in [0.25, 0.3) is 7.82 Å². The first-order chi connectivity index (χ1) is 41.0. The molecule has 504 valence electrons. The van der Waals surface area contributed by atoms with Gasteiger partial charge in [-0.15, -0.1) is 0 Å². The van der Waals surface area contributed by atoms with E-state index in [1.54, 1.807) is 0 Å². The summed E-state index contributed by atoms with van der Waals surface area (Å²) in [6, 6.07) is -0.797. The zero-order valence-electron chi connectivity index (χ0n) is 57.9. The number of amides is 1. The molecule has 0 radical (unpaired) electrons. The van der Waals surface area contributed by atoms with Gasteiger partial charge in [-0.2, -0.15) is 0 Å². The lowest BCUT2D eigenvalue weighted by Crippen LogP contribution is -2.46. The maximum Gasteiger partial charge on any atom is 0.268 e. The Bertz CT molecular complexity index is 1330. The highest BCUT2D eigenvalue weighted by molar-refractivity contribution is 7.45. The van der Waals surface area contributed by atoms with E-state index in [1.165, 1.54) is 360 Å². The Morgan fingerprint density at radius 1 is 0.369 bits per heavy atom. The van der Waals surface area contributed by atoms with Crippen molar-refractivity contribution in [2.75, 3.05) is 40.9 Å². The van der Waals surface area contributed by atoms with Gasteiger partial charge < -0.3 is 28.8 Å². The standard InChI is InChI=1S/C75H153N2O6P/c1-6-8-10-12-14-16-18-20-22-24-26-28-30-32-34-36-37-38-39-41-43-45-47-49-51-53-55-57-59-61-63-65-67-69-75(79)76-73(72-83-84(80,81)82-71-70-77(3,4)5)74(78)68-66-64-62-60-58-56-54-52-50-48-46-44-42-40-35-33-31-29-27-25-23-21-19-17-15-13-11-9-7-2/h73-74,78H,6-72H2,1-5H3,(H-,76,79,80,81). The Kier molecular flexibility index (Phi) is 66.5. The molecule has 0 aliphatic rings. The van der Waals surface area contributed by atoms with Crippen LogP contribution in [0.4, 0.5) is 0 Å². The van der Waals surface area contributed by atoms with Crippen molar-refractivity contribution in [1.29, 1.82) is 0 Å². The fraction of sp³-hybridized carbons (Fsp3) is 0.987. The first-order valence-corrected chi connectivity index (χ1v) is 39.8. The number of aliphatic hydroxyl groups is 1. The minimum absolute atomic E-state index is 0.0171.